The Morgan fingerprint density at radius 1 is 1.48 bits per heavy atom. The zero-order valence-electron chi connectivity index (χ0n) is 11.3. The average Bonchev–Trinajstić information content (AvgIpc) is 2.91. The second-order valence-electron chi connectivity index (χ2n) is 4.91. The number of carboxylic acid groups (broad SMARTS) is 1. The number of hydrogen-bond donors (Lipinski definition) is 2. The van der Waals surface area contributed by atoms with Crippen LogP contribution in [-0.4, -0.2) is 56.7 Å². The van der Waals surface area contributed by atoms with Gasteiger partial charge in [0, 0.05) is 12.6 Å². The maximum absolute atomic E-state index is 13.3. The van der Waals surface area contributed by atoms with E-state index in [1.807, 2.05) is 0 Å². The van der Waals surface area contributed by atoms with E-state index in [4.69, 9.17) is 16.7 Å². The lowest BCUT2D eigenvalue weighted by molar-refractivity contribution is -0.142. The maximum atomic E-state index is 13.3. The first-order valence-corrected chi connectivity index (χ1v) is 6.69. The number of carbonyl (C=O) groups is 2. The largest absolute Gasteiger partial charge is 0.465 e. The lowest BCUT2D eigenvalue weighted by Crippen LogP contribution is -2.42. The summed E-state index contributed by atoms with van der Waals surface area (Å²) in [6, 6.07) is -1.30. The number of hydrogen-bond acceptors (Lipinski definition) is 3. The molecule has 0 spiro atoms. The minimum Gasteiger partial charge on any atom is -0.465 e. The molecule has 1 aliphatic heterocycles. The molecule has 1 saturated heterocycles. The smallest absolute Gasteiger partial charge is 0.408 e. The first kappa shape index (κ1) is 17.3. The van der Waals surface area contributed by atoms with Gasteiger partial charge in [-0.2, -0.15) is 18.3 Å². The van der Waals surface area contributed by atoms with Crippen molar-refractivity contribution in [2.75, 3.05) is 11.9 Å². The highest BCUT2D eigenvalue weighted by Gasteiger charge is 2.40. The number of rotatable bonds is 3. The summed E-state index contributed by atoms with van der Waals surface area (Å²) in [5.41, 5.74) is 0. The van der Waals surface area contributed by atoms with E-state index in [0.29, 0.717) is 9.58 Å². The number of aromatic nitrogens is 2. The van der Waals surface area contributed by atoms with E-state index in [1.165, 1.54) is 0 Å². The number of halogens is 5. The van der Waals surface area contributed by atoms with E-state index in [0.717, 1.165) is 6.20 Å². The van der Waals surface area contributed by atoms with Crippen LogP contribution in [0.4, 0.5) is 28.2 Å². The fourth-order valence-electron chi connectivity index (χ4n) is 2.19. The molecule has 0 unspecified atom stereocenters. The van der Waals surface area contributed by atoms with E-state index in [2.05, 4.69) is 10.4 Å². The van der Waals surface area contributed by atoms with Gasteiger partial charge in [0.05, 0.1) is 6.54 Å². The summed E-state index contributed by atoms with van der Waals surface area (Å²) in [4.78, 5) is 23.6. The zero-order valence-corrected chi connectivity index (χ0v) is 12.1. The van der Waals surface area contributed by atoms with Gasteiger partial charge in [0.2, 0.25) is 5.91 Å². The van der Waals surface area contributed by atoms with Crippen LogP contribution in [0, 0.1) is 0 Å². The molecule has 0 aromatic carbocycles. The highest BCUT2D eigenvalue weighted by molar-refractivity contribution is 6.33. The molecule has 1 fully saturated rings. The van der Waals surface area contributed by atoms with Crippen LogP contribution in [0.2, 0.25) is 5.02 Å². The molecule has 1 aromatic heterocycles. The Morgan fingerprint density at radius 3 is 2.70 bits per heavy atom. The third kappa shape index (κ3) is 4.24. The molecule has 2 N–H and O–H groups in total. The Bertz CT molecular complexity index is 621. The standard InChI is InChI=1S/C11H11ClF4N4O3/c12-6-3-19(4-11(14,15)16)18-8(6)17-9(21)7-1-5(13)2-20(7)10(22)23/h3,5,7H,1-2,4H2,(H,22,23)(H,17,18,21)/t5-,7+/m1/s1. The minimum atomic E-state index is -4.52. The Morgan fingerprint density at radius 2 is 2.13 bits per heavy atom. The number of amides is 2. The minimum absolute atomic E-state index is 0.251. The molecule has 2 atom stereocenters. The molecule has 12 heteroatoms. The van der Waals surface area contributed by atoms with Crippen molar-refractivity contribution in [3.63, 3.8) is 0 Å². The van der Waals surface area contributed by atoms with Crippen molar-refractivity contribution in [2.45, 2.75) is 31.4 Å². The van der Waals surface area contributed by atoms with Crippen molar-refractivity contribution < 1.29 is 32.3 Å². The van der Waals surface area contributed by atoms with E-state index in [1.54, 1.807) is 0 Å². The van der Waals surface area contributed by atoms with Gasteiger partial charge in [0.25, 0.3) is 0 Å². The Kier molecular flexibility index (Phi) is 4.68. The van der Waals surface area contributed by atoms with Gasteiger partial charge in [-0.05, 0) is 0 Å². The second-order valence-corrected chi connectivity index (χ2v) is 5.32. The maximum Gasteiger partial charge on any atom is 0.408 e. The second kappa shape index (κ2) is 6.22. The predicted molar refractivity (Wildman–Crippen MR) is 70.0 cm³/mol. The van der Waals surface area contributed by atoms with Crippen LogP contribution in [0.3, 0.4) is 0 Å². The van der Waals surface area contributed by atoms with Crippen molar-refractivity contribution in [1.82, 2.24) is 14.7 Å². The third-order valence-electron chi connectivity index (χ3n) is 3.10. The van der Waals surface area contributed by atoms with Crippen molar-refractivity contribution in [2.24, 2.45) is 0 Å². The number of nitrogens with one attached hydrogen (secondary N) is 1. The first-order valence-electron chi connectivity index (χ1n) is 6.31. The lowest BCUT2D eigenvalue weighted by Gasteiger charge is -2.19. The summed E-state index contributed by atoms with van der Waals surface area (Å²) in [6.45, 7) is -1.86. The van der Waals surface area contributed by atoms with Crippen LogP contribution in [0.5, 0.6) is 0 Å². The number of carbonyl (C=O) groups excluding carboxylic acids is 1. The molecule has 1 aromatic rings. The highest BCUT2D eigenvalue weighted by Crippen LogP contribution is 2.26. The van der Waals surface area contributed by atoms with Gasteiger partial charge in [-0.3, -0.25) is 14.4 Å². The molecule has 0 aliphatic carbocycles. The van der Waals surface area contributed by atoms with Crippen LogP contribution in [0.25, 0.3) is 0 Å². The van der Waals surface area contributed by atoms with Crippen molar-refractivity contribution in [3.8, 4) is 0 Å². The molecule has 2 rings (SSSR count). The van der Waals surface area contributed by atoms with Crippen LogP contribution < -0.4 is 5.32 Å². The number of nitrogens with zero attached hydrogens (tertiary/aromatic N) is 3. The zero-order chi connectivity index (χ0) is 17.4. The normalized spacial score (nSPS) is 21.5. The highest BCUT2D eigenvalue weighted by atomic mass is 35.5. The fourth-order valence-corrected chi connectivity index (χ4v) is 2.39. The van der Waals surface area contributed by atoms with E-state index in [-0.39, 0.29) is 17.3 Å². The van der Waals surface area contributed by atoms with Gasteiger partial charge in [-0.15, -0.1) is 0 Å². The molecule has 1 aliphatic rings. The van der Waals surface area contributed by atoms with Gasteiger partial charge in [-0.1, -0.05) is 11.6 Å². The van der Waals surface area contributed by atoms with Gasteiger partial charge in [-0.25, -0.2) is 9.18 Å². The molecule has 0 radical (unpaired) electrons. The summed E-state index contributed by atoms with van der Waals surface area (Å²) >= 11 is 5.68. The van der Waals surface area contributed by atoms with Gasteiger partial charge in [0.1, 0.15) is 23.8 Å². The van der Waals surface area contributed by atoms with Crippen LogP contribution in [-0.2, 0) is 11.3 Å². The van der Waals surface area contributed by atoms with Crippen LogP contribution in [0.15, 0.2) is 6.20 Å². The van der Waals surface area contributed by atoms with E-state index in [9.17, 15) is 27.2 Å². The molecular formula is C11H11ClF4N4O3. The molecule has 128 valence electrons. The number of likely N-dealkylation sites (tertiary alicyclic amines) is 1. The summed E-state index contributed by atoms with van der Waals surface area (Å²) in [6.07, 6.45) is -6.98. The van der Waals surface area contributed by atoms with E-state index < -0.39 is 43.5 Å². The van der Waals surface area contributed by atoms with Gasteiger partial charge in [0.15, 0.2) is 5.82 Å². The number of anilines is 1. The van der Waals surface area contributed by atoms with Gasteiger partial charge >= 0.3 is 12.3 Å². The number of alkyl halides is 4. The lowest BCUT2D eigenvalue weighted by atomic mass is 10.2. The monoisotopic (exact) mass is 358 g/mol. The van der Waals surface area contributed by atoms with Gasteiger partial charge < -0.3 is 10.4 Å². The molecule has 2 amide bonds. The average molecular weight is 359 g/mol. The molecule has 7 nitrogen and oxygen atoms in total. The topological polar surface area (TPSA) is 87.5 Å². The molecule has 0 bridgehead atoms. The molecule has 23 heavy (non-hydrogen) atoms. The summed E-state index contributed by atoms with van der Waals surface area (Å²) in [7, 11) is 0. The van der Waals surface area contributed by atoms with Crippen LogP contribution in [0.1, 0.15) is 6.42 Å². The molecule has 2 heterocycles. The van der Waals surface area contributed by atoms with Crippen LogP contribution >= 0.6 is 11.6 Å². The van der Waals surface area contributed by atoms with Crippen molar-refractivity contribution >= 4 is 29.4 Å². The van der Waals surface area contributed by atoms with E-state index >= 15 is 0 Å². The predicted octanol–water partition coefficient (Wildman–Crippen LogP) is 2.13. The first-order chi connectivity index (χ1) is 10.6. The summed E-state index contributed by atoms with van der Waals surface area (Å²) < 4.78 is 50.6. The Labute approximate surface area is 131 Å². The molecular weight excluding hydrogens is 348 g/mol. The SMILES string of the molecule is O=C(Nc1nn(CC(F)(F)F)cc1Cl)[C@@H]1C[C@@H](F)CN1C(=O)O. The summed E-state index contributed by atoms with van der Waals surface area (Å²) in [5, 5.41) is 14.3. The van der Waals surface area contributed by atoms with Crippen molar-refractivity contribution in [1.29, 1.82) is 0 Å². The Hall–Kier alpha value is -2.04. The fraction of sp³-hybridized carbons (Fsp3) is 0.545. The molecule has 0 saturated carbocycles. The quantitative estimate of drug-likeness (QED) is 0.810. The third-order valence-corrected chi connectivity index (χ3v) is 3.37. The van der Waals surface area contributed by atoms with Crippen molar-refractivity contribution in [3.05, 3.63) is 11.2 Å². The Balaban J connectivity index is 2.10. The summed E-state index contributed by atoms with van der Waals surface area (Å²) in [5.74, 6) is -1.26.